The number of aliphatic hydroxyl groups is 2. The summed E-state index contributed by atoms with van der Waals surface area (Å²) in [5, 5.41) is 20.1. The highest BCUT2D eigenvalue weighted by Gasteiger charge is 2.03. The number of aliphatic hydroxyl groups excluding tert-OH is 2. The largest absolute Gasteiger partial charge is 0.394 e. The van der Waals surface area contributed by atoms with Crippen LogP contribution in [0.4, 0.5) is 0 Å². The van der Waals surface area contributed by atoms with Crippen LogP contribution < -0.4 is 5.14 Å². The van der Waals surface area contributed by atoms with Gasteiger partial charge in [0.15, 0.2) is 0 Å². The van der Waals surface area contributed by atoms with E-state index in [0.29, 0.717) is 0 Å². The van der Waals surface area contributed by atoms with Crippen LogP contribution in [0.2, 0.25) is 0 Å². The van der Waals surface area contributed by atoms with Crippen LogP contribution >= 0.6 is 0 Å². The third-order valence-corrected chi connectivity index (χ3v) is 2.10. The fourth-order valence-corrected chi connectivity index (χ4v) is 1.15. The zero-order valence-corrected chi connectivity index (χ0v) is 8.31. The summed E-state index contributed by atoms with van der Waals surface area (Å²) in [5.41, 5.74) is 0. The van der Waals surface area contributed by atoms with E-state index in [9.17, 15) is 8.42 Å². The minimum atomic E-state index is -3.50. The van der Waals surface area contributed by atoms with Crippen LogP contribution in [0.25, 0.3) is 0 Å². The molecule has 0 amide bonds. The molecule has 0 heterocycles. The Hall–Kier alpha value is -0.950. The lowest BCUT2D eigenvalue weighted by Gasteiger charge is -1.93. The van der Waals surface area contributed by atoms with Gasteiger partial charge in [0, 0.05) is 0 Å². The molecular weight excluding hydrogens is 206 g/mol. The van der Waals surface area contributed by atoms with E-state index in [0.717, 1.165) is 0 Å². The van der Waals surface area contributed by atoms with Gasteiger partial charge >= 0.3 is 0 Å². The summed E-state index contributed by atoms with van der Waals surface area (Å²) in [6.07, 6.45) is 0. The maximum Gasteiger partial charge on any atom is 0.238 e. The molecule has 0 radical (unpaired) electrons. The van der Waals surface area contributed by atoms with Gasteiger partial charge in [-0.25, -0.2) is 13.6 Å². The molecule has 0 saturated heterocycles. The predicted molar refractivity (Wildman–Crippen MR) is 52.0 cm³/mol. The van der Waals surface area contributed by atoms with E-state index in [1.165, 1.54) is 12.1 Å². The molecule has 0 aliphatic heterocycles. The van der Waals surface area contributed by atoms with Gasteiger partial charge in [0.1, 0.15) is 0 Å². The third kappa shape index (κ3) is 5.65. The Balaban J connectivity index is 0.000000364. The number of nitrogens with two attached hydrogens (primary N) is 1. The Morgan fingerprint density at radius 3 is 1.71 bits per heavy atom. The van der Waals surface area contributed by atoms with E-state index in [4.69, 9.17) is 15.4 Å². The highest BCUT2D eigenvalue weighted by atomic mass is 32.2. The molecule has 0 aromatic heterocycles. The van der Waals surface area contributed by atoms with Crippen molar-refractivity contribution >= 4 is 10.0 Å². The molecule has 14 heavy (non-hydrogen) atoms. The standard InChI is InChI=1S/C6H7NO2S.C2H6O2/c7-10(8,9)6-4-2-1-3-5-6;3-1-2-4/h1-5H,(H2,7,8,9);3-4H,1-2H2. The number of hydrogen-bond acceptors (Lipinski definition) is 4. The molecule has 1 rings (SSSR count). The first-order valence-corrected chi connectivity index (χ1v) is 5.36. The number of rotatable bonds is 2. The molecule has 1 aromatic rings. The topological polar surface area (TPSA) is 101 Å². The smallest absolute Gasteiger partial charge is 0.238 e. The molecule has 0 atom stereocenters. The van der Waals surface area contributed by atoms with E-state index in [1.807, 2.05) is 0 Å². The molecule has 4 N–H and O–H groups in total. The van der Waals surface area contributed by atoms with Crippen molar-refractivity contribution in [3.8, 4) is 0 Å². The van der Waals surface area contributed by atoms with Gasteiger partial charge in [-0.2, -0.15) is 0 Å². The Labute approximate surface area is 82.9 Å². The van der Waals surface area contributed by atoms with Crippen molar-refractivity contribution in [1.82, 2.24) is 0 Å². The SMILES string of the molecule is NS(=O)(=O)c1ccccc1.OCCO. The first-order valence-electron chi connectivity index (χ1n) is 3.82. The van der Waals surface area contributed by atoms with E-state index < -0.39 is 10.0 Å². The Bertz CT molecular complexity index is 334. The van der Waals surface area contributed by atoms with Crippen molar-refractivity contribution in [2.24, 2.45) is 5.14 Å². The van der Waals surface area contributed by atoms with Crippen LogP contribution in [0.3, 0.4) is 0 Å². The Kier molecular flexibility index (Phi) is 6.06. The van der Waals surface area contributed by atoms with Crippen molar-refractivity contribution in [2.45, 2.75) is 4.90 Å². The second-order valence-electron chi connectivity index (χ2n) is 2.31. The molecule has 0 aliphatic carbocycles. The van der Waals surface area contributed by atoms with Crippen LogP contribution in [0.15, 0.2) is 35.2 Å². The van der Waals surface area contributed by atoms with Gasteiger partial charge in [0.05, 0.1) is 18.1 Å². The molecule has 0 aliphatic rings. The van der Waals surface area contributed by atoms with E-state index >= 15 is 0 Å². The summed E-state index contributed by atoms with van der Waals surface area (Å²) in [7, 11) is -3.50. The van der Waals surface area contributed by atoms with Crippen LogP contribution in [-0.4, -0.2) is 31.8 Å². The van der Waals surface area contributed by atoms with Crippen molar-refractivity contribution in [3.05, 3.63) is 30.3 Å². The summed E-state index contributed by atoms with van der Waals surface area (Å²) in [6, 6.07) is 7.89. The third-order valence-electron chi connectivity index (χ3n) is 1.17. The molecule has 0 unspecified atom stereocenters. The van der Waals surface area contributed by atoms with Crippen molar-refractivity contribution in [1.29, 1.82) is 0 Å². The van der Waals surface area contributed by atoms with Crippen LogP contribution in [-0.2, 0) is 10.0 Å². The maximum atomic E-state index is 10.6. The minimum absolute atomic E-state index is 0.125. The fraction of sp³-hybridized carbons (Fsp3) is 0.250. The van der Waals surface area contributed by atoms with E-state index in [2.05, 4.69) is 0 Å². The van der Waals surface area contributed by atoms with Gasteiger partial charge in [0.25, 0.3) is 0 Å². The maximum absolute atomic E-state index is 10.6. The van der Waals surface area contributed by atoms with Crippen molar-refractivity contribution < 1.29 is 18.6 Å². The number of primary sulfonamides is 1. The van der Waals surface area contributed by atoms with Crippen LogP contribution in [0, 0.1) is 0 Å². The monoisotopic (exact) mass is 219 g/mol. The van der Waals surface area contributed by atoms with Gasteiger partial charge in [0.2, 0.25) is 10.0 Å². The highest BCUT2D eigenvalue weighted by molar-refractivity contribution is 7.89. The van der Waals surface area contributed by atoms with E-state index in [1.54, 1.807) is 18.2 Å². The molecule has 6 heteroatoms. The Morgan fingerprint density at radius 2 is 1.50 bits per heavy atom. The average Bonchev–Trinajstić information content (AvgIpc) is 2.18. The fourth-order valence-electron chi connectivity index (χ4n) is 0.610. The van der Waals surface area contributed by atoms with Crippen molar-refractivity contribution in [2.75, 3.05) is 13.2 Å². The second-order valence-corrected chi connectivity index (χ2v) is 3.87. The number of benzene rings is 1. The second kappa shape index (κ2) is 6.50. The molecule has 5 nitrogen and oxygen atoms in total. The van der Waals surface area contributed by atoms with Gasteiger partial charge in [-0.05, 0) is 12.1 Å². The number of hydrogen-bond donors (Lipinski definition) is 3. The summed E-state index contributed by atoms with van der Waals surface area (Å²) in [6.45, 7) is -0.250. The highest BCUT2D eigenvalue weighted by Crippen LogP contribution is 2.02. The van der Waals surface area contributed by atoms with Gasteiger partial charge in [-0.15, -0.1) is 0 Å². The Morgan fingerprint density at radius 1 is 1.07 bits per heavy atom. The van der Waals surface area contributed by atoms with Gasteiger partial charge in [-0.3, -0.25) is 0 Å². The molecule has 0 spiro atoms. The van der Waals surface area contributed by atoms with Crippen LogP contribution in [0.5, 0.6) is 0 Å². The summed E-state index contributed by atoms with van der Waals surface area (Å²) in [5.74, 6) is 0. The first kappa shape index (κ1) is 13.1. The summed E-state index contributed by atoms with van der Waals surface area (Å²) >= 11 is 0. The molecule has 80 valence electrons. The molecule has 0 saturated carbocycles. The lowest BCUT2D eigenvalue weighted by atomic mass is 10.4. The normalized spacial score (nSPS) is 10.2. The zero-order valence-electron chi connectivity index (χ0n) is 7.50. The molecule has 0 bridgehead atoms. The van der Waals surface area contributed by atoms with Crippen molar-refractivity contribution in [3.63, 3.8) is 0 Å². The van der Waals surface area contributed by atoms with Gasteiger partial charge < -0.3 is 10.2 Å². The average molecular weight is 219 g/mol. The van der Waals surface area contributed by atoms with Crippen LogP contribution in [0.1, 0.15) is 0 Å². The lowest BCUT2D eigenvalue weighted by molar-refractivity contribution is 0.186. The molecular formula is C8H13NO4S. The van der Waals surface area contributed by atoms with Gasteiger partial charge in [-0.1, -0.05) is 18.2 Å². The first-order chi connectivity index (χ1) is 6.52. The molecule has 1 aromatic carbocycles. The summed E-state index contributed by atoms with van der Waals surface area (Å²) < 4.78 is 21.2. The quantitative estimate of drug-likeness (QED) is 0.612. The lowest BCUT2D eigenvalue weighted by Crippen LogP contribution is -2.11. The predicted octanol–water partition coefficient (Wildman–Crippen LogP) is -0.695. The minimum Gasteiger partial charge on any atom is -0.394 e. The zero-order chi connectivity index (χ0) is 11.0. The van der Waals surface area contributed by atoms with E-state index in [-0.39, 0.29) is 18.1 Å². The molecule has 0 fully saturated rings. The summed E-state index contributed by atoms with van der Waals surface area (Å²) in [4.78, 5) is 0.148. The number of sulfonamides is 1.